The molecule has 0 bridgehead atoms. The first kappa shape index (κ1) is 18.1. The van der Waals surface area contributed by atoms with E-state index in [1.807, 2.05) is 41.3 Å². The van der Waals surface area contributed by atoms with Gasteiger partial charge in [-0.25, -0.2) is 0 Å². The first-order valence-corrected chi connectivity index (χ1v) is 8.78. The Morgan fingerprint density at radius 3 is 2.57 bits per heavy atom. The Morgan fingerprint density at radius 2 is 1.87 bits per heavy atom. The van der Waals surface area contributed by atoms with Crippen LogP contribution in [0.5, 0.6) is 0 Å². The minimum absolute atomic E-state index is 0.0609. The Labute approximate surface area is 148 Å². The predicted octanol–water partition coefficient (Wildman–Crippen LogP) is 3.68. The summed E-state index contributed by atoms with van der Waals surface area (Å²) < 4.78 is 0. The van der Waals surface area contributed by atoms with E-state index >= 15 is 0 Å². The molecule has 1 heterocycles. The lowest BCUT2D eigenvalue weighted by atomic mass is 10.2. The van der Waals surface area contributed by atoms with Crippen molar-refractivity contribution in [2.24, 2.45) is 0 Å². The highest BCUT2D eigenvalue weighted by Gasteiger charge is 2.18. The van der Waals surface area contributed by atoms with Crippen molar-refractivity contribution in [2.45, 2.75) is 6.42 Å². The van der Waals surface area contributed by atoms with E-state index in [1.165, 1.54) is 0 Å². The fourth-order valence-electron chi connectivity index (χ4n) is 2.49. The van der Waals surface area contributed by atoms with Crippen LogP contribution in [0.4, 0.5) is 0 Å². The molecule has 0 aromatic heterocycles. The van der Waals surface area contributed by atoms with Crippen LogP contribution in [0, 0.1) is 0 Å². The van der Waals surface area contributed by atoms with Crippen molar-refractivity contribution in [1.82, 2.24) is 9.80 Å². The molecule has 0 unspecified atom stereocenters. The predicted molar refractivity (Wildman–Crippen MR) is 98.0 cm³/mol. The van der Waals surface area contributed by atoms with Crippen LogP contribution in [-0.4, -0.2) is 54.3 Å². The van der Waals surface area contributed by atoms with E-state index in [0.717, 1.165) is 44.7 Å². The van der Waals surface area contributed by atoms with Gasteiger partial charge in [0.2, 0.25) is 5.91 Å². The van der Waals surface area contributed by atoms with Gasteiger partial charge in [0.25, 0.3) is 0 Å². The molecule has 0 spiro atoms. The molecule has 0 atom stereocenters. The topological polar surface area (TPSA) is 23.6 Å². The Kier molecular flexibility index (Phi) is 7.66. The monoisotopic (exact) mass is 352 g/mol. The lowest BCUT2D eigenvalue weighted by molar-refractivity contribution is -0.127. The molecule has 0 aliphatic carbocycles. The summed E-state index contributed by atoms with van der Waals surface area (Å²) in [6.45, 7) is 4.42. The molecule has 1 aromatic carbocycles. The average molecular weight is 353 g/mol. The zero-order chi connectivity index (χ0) is 16.5. The van der Waals surface area contributed by atoms with Gasteiger partial charge in [-0.15, -0.1) is 11.6 Å². The standard InChI is InChI=1S/C18H22Cl2N2O/c19-10-5-11-21-12-14-22(15-13-21)18(23)9-4-2-7-16-6-1-3-8-17(16)20/h1-4,6-9H,5,10-15H2. The number of carbonyl (C=O) groups excluding carboxylic acids is 1. The van der Waals surface area contributed by atoms with E-state index in [0.29, 0.717) is 10.9 Å². The van der Waals surface area contributed by atoms with Crippen molar-refractivity contribution in [1.29, 1.82) is 0 Å². The Balaban J connectivity index is 1.78. The van der Waals surface area contributed by atoms with Gasteiger partial charge in [-0.05, 0) is 24.6 Å². The van der Waals surface area contributed by atoms with Crippen LogP contribution in [-0.2, 0) is 4.79 Å². The molecule has 5 heteroatoms. The molecule has 1 aliphatic rings. The smallest absolute Gasteiger partial charge is 0.246 e. The molecule has 1 aromatic rings. The first-order valence-electron chi connectivity index (χ1n) is 7.87. The normalized spacial score (nSPS) is 16.5. The number of carbonyl (C=O) groups is 1. The number of allylic oxidation sites excluding steroid dienone is 2. The zero-order valence-electron chi connectivity index (χ0n) is 13.1. The molecular weight excluding hydrogens is 331 g/mol. The van der Waals surface area contributed by atoms with Gasteiger partial charge < -0.3 is 4.90 Å². The van der Waals surface area contributed by atoms with E-state index in [-0.39, 0.29) is 5.91 Å². The lowest BCUT2D eigenvalue weighted by Crippen LogP contribution is -2.48. The third kappa shape index (κ3) is 6.02. The van der Waals surface area contributed by atoms with E-state index in [4.69, 9.17) is 23.2 Å². The molecule has 1 saturated heterocycles. The second kappa shape index (κ2) is 9.76. The van der Waals surface area contributed by atoms with E-state index in [2.05, 4.69) is 4.90 Å². The van der Waals surface area contributed by atoms with E-state index in [1.54, 1.807) is 12.2 Å². The summed E-state index contributed by atoms with van der Waals surface area (Å²) in [5, 5.41) is 0.705. The largest absolute Gasteiger partial charge is 0.337 e. The van der Waals surface area contributed by atoms with E-state index in [9.17, 15) is 4.79 Å². The number of hydrogen-bond donors (Lipinski definition) is 0. The molecule has 3 nitrogen and oxygen atoms in total. The summed E-state index contributed by atoms with van der Waals surface area (Å²) in [6, 6.07) is 7.62. The second-order valence-electron chi connectivity index (χ2n) is 5.45. The highest BCUT2D eigenvalue weighted by Crippen LogP contribution is 2.16. The van der Waals surface area contributed by atoms with Crippen molar-refractivity contribution in [3.63, 3.8) is 0 Å². The maximum atomic E-state index is 12.1. The number of alkyl halides is 1. The fraction of sp³-hybridized carbons (Fsp3) is 0.389. The van der Waals surface area contributed by atoms with Gasteiger partial charge in [-0.3, -0.25) is 9.69 Å². The van der Waals surface area contributed by atoms with Crippen molar-refractivity contribution < 1.29 is 4.79 Å². The lowest BCUT2D eigenvalue weighted by Gasteiger charge is -2.34. The van der Waals surface area contributed by atoms with E-state index < -0.39 is 0 Å². The molecular formula is C18H22Cl2N2O. The van der Waals surface area contributed by atoms with Crippen LogP contribution in [0.1, 0.15) is 12.0 Å². The van der Waals surface area contributed by atoms with Crippen LogP contribution >= 0.6 is 23.2 Å². The minimum Gasteiger partial charge on any atom is -0.337 e. The summed E-state index contributed by atoms with van der Waals surface area (Å²) in [7, 11) is 0. The van der Waals surface area contributed by atoms with Gasteiger partial charge in [-0.2, -0.15) is 0 Å². The number of piperazine rings is 1. The van der Waals surface area contributed by atoms with Crippen LogP contribution in [0.25, 0.3) is 6.08 Å². The molecule has 1 amide bonds. The van der Waals surface area contributed by atoms with Gasteiger partial charge in [0.15, 0.2) is 0 Å². The van der Waals surface area contributed by atoms with Crippen LogP contribution < -0.4 is 0 Å². The number of halogens is 2. The Bertz CT molecular complexity index is 564. The summed E-state index contributed by atoms with van der Waals surface area (Å²) in [6.07, 6.45) is 8.13. The third-order valence-electron chi connectivity index (χ3n) is 3.82. The zero-order valence-corrected chi connectivity index (χ0v) is 14.6. The quantitative estimate of drug-likeness (QED) is 0.443. The van der Waals surface area contributed by atoms with Gasteiger partial charge in [-0.1, -0.05) is 48.0 Å². The van der Waals surface area contributed by atoms with Gasteiger partial charge in [0.1, 0.15) is 0 Å². The highest BCUT2D eigenvalue weighted by atomic mass is 35.5. The van der Waals surface area contributed by atoms with Crippen molar-refractivity contribution >= 4 is 35.2 Å². The molecule has 1 aliphatic heterocycles. The number of amides is 1. The molecule has 2 rings (SSSR count). The molecule has 0 N–H and O–H groups in total. The second-order valence-corrected chi connectivity index (χ2v) is 6.23. The average Bonchev–Trinajstić information content (AvgIpc) is 2.58. The summed E-state index contributed by atoms with van der Waals surface area (Å²) in [5.74, 6) is 0.755. The highest BCUT2D eigenvalue weighted by molar-refractivity contribution is 6.32. The van der Waals surface area contributed by atoms with Crippen molar-refractivity contribution in [2.75, 3.05) is 38.6 Å². The Morgan fingerprint density at radius 1 is 1.13 bits per heavy atom. The first-order chi connectivity index (χ1) is 11.2. The van der Waals surface area contributed by atoms with Crippen LogP contribution in [0.2, 0.25) is 5.02 Å². The molecule has 0 radical (unpaired) electrons. The summed E-state index contributed by atoms with van der Waals surface area (Å²) in [4.78, 5) is 16.4. The number of benzene rings is 1. The third-order valence-corrected chi connectivity index (χ3v) is 4.43. The number of rotatable bonds is 6. The SMILES string of the molecule is O=C(C=CC=Cc1ccccc1Cl)N1CCN(CCCCl)CC1. The number of nitrogens with zero attached hydrogens (tertiary/aromatic N) is 2. The maximum absolute atomic E-state index is 12.1. The number of hydrogen-bond acceptors (Lipinski definition) is 2. The fourth-order valence-corrected chi connectivity index (χ4v) is 2.81. The van der Waals surface area contributed by atoms with Crippen molar-refractivity contribution in [3.05, 3.63) is 53.1 Å². The molecule has 124 valence electrons. The van der Waals surface area contributed by atoms with Crippen molar-refractivity contribution in [3.8, 4) is 0 Å². The molecule has 23 heavy (non-hydrogen) atoms. The molecule has 1 fully saturated rings. The maximum Gasteiger partial charge on any atom is 0.246 e. The van der Waals surface area contributed by atoms with Gasteiger partial charge in [0.05, 0.1) is 0 Å². The minimum atomic E-state index is 0.0609. The van der Waals surface area contributed by atoms with Gasteiger partial charge in [0, 0.05) is 43.2 Å². The summed E-state index contributed by atoms with van der Waals surface area (Å²) >= 11 is 11.8. The summed E-state index contributed by atoms with van der Waals surface area (Å²) in [5.41, 5.74) is 0.944. The van der Waals surface area contributed by atoms with Gasteiger partial charge >= 0.3 is 0 Å². The molecule has 0 saturated carbocycles. The Hall–Kier alpha value is -1.29. The van der Waals surface area contributed by atoms with Crippen LogP contribution in [0.3, 0.4) is 0 Å². The van der Waals surface area contributed by atoms with Crippen LogP contribution in [0.15, 0.2) is 42.5 Å².